The van der Waals surface area contributed by atoms with Crippen LogP contribution in [0.5, 0.6) is 0 Å². The average Bonchev–Trinajstić information content (AvgIpc) is 2.73. The van der Waals surface area contributed by atoms with Crippen LogP contribution in [-0.2, 0) is 4.74 Å². The smallest absolute Gasteiger partial charge is 0.258 e. The minimum atomic E-state index is -0.606. The van der Waals surface area contributed by atoms with Crippen LogP contribution in [0.4, 0.5) is 10.1 Å². The monoisotopic (exact) mass is 426 g/mol. The molecule has 3 rings (SSSR count). The molecule has 31 heavy (non-hydrogen) atoms. The Hall–Kier alpha value is -2.73. The maximum Gasteiger partial charge on any atom is 0.258 e. The number of anilines is 1. The molecule has 0 aromatic heterocycles. The Labute approximate surface area is 183 Å². The number of hydrogen-bond donors (Lipinski definition) is 2. The lowest BCUT2D eigenvalue weighted by molar-refractivity contribution is -0.0839. The van der Waals surface area contributed by atoms with Crippen molar-refractivity contribution in [2.45, 2.75) is 46.6 Å². The number of hydrogen-bond acceptors (Lipinski definition) is 3. The molecular formula is C25H31FN2O3. The van der Waals surface area contributed by atoms with E-state index >= 15 is 0 Å². The van der Waals surface area contributed by atoms with Gasteiger partial charge < -0.3 is 15.4 Å². The van der Waals surface area contributed by atoms with Gasteiger partial charge in [-0.15, -0.1) is 0 Å². The molecule has 1 saturated heterocycles. The Kier molecular flexibility index (Phi) is 7.11. The van der Waals surface area contributed by atoms with Crippen LogP contribution < -0.4 is 10.6 Å². The van der Waals surface area contributed by atoms with E-state index in [4.69, 9.17) is 4.74 Å². The van der Waals surface area contributed by atoms with Crippen molar-refractivity contribution in [1.82, 2.24) is 5.32 Å². The molecule has 2 N–H and O–H groups in total. The van der Waals surface area contributed by atoms with E-state index in [0.717, 1.165) is 25.0 Å². The van der Waals surface area contributed by atoms with E-state index in [9.17, 15) is 14.0 Å². The third-order valence-electron chi connectivity index (χ3n) is 5.70. The molecule has 0 bridgehead atoms. The molecule has 2 amide bonds. The Morgan fingerprint density at radius 2 is 1.77 bits per heavy atom. The number of aryl methyl sites for hydroxylation is 1. The summed E-state index contributed by atoms with van der Waals surface area (Å²) in [5.74, 6) is -1.25. The predicted molar refractivity (Wildman–Crippen MR) is 120 cm³/mol. The number of halogens is 1. The van der Waals surface area contributed by atoms with Crippen molar-refractivity contribution < 1.29 is 18.7 Å². The van der Waals surface area contributed by atoms with Crippen molar-refractivity contribution >= 4 is 17.5 Å². The molecule has 1 heterocycles. The summed E-state index contributed by atoms with van der Waals surface area (Å²) in [4.78, 5) is 25.6. The molecule has 166 valence electrons. The van der Waals surface area contributed by atoms with Gasteiger partial charge in [0, 0.05) is 19.1 Å². The summed E-state index contributed by atoms with van der Waals surface area (Å²) in [6.45, 7) is 9.49. The van der Waals surface area contributed by atoms with Gasteiger partial charge in [0.1, 0.15) is 5.82 Å². The Balaban J connectivity index is 1.75. The first-order chi connectivity index (χ1) is 14.7. The predicted octanol–water partition coefficient (Wildman–Crippen LogP) is 4.96. The van der Waals surface area contributed by atoms with E-state index in [2.05, 4.69) is 31.4 Å². The zero-order valence-electron chi connectivity index (χ0n) is 18.6. The lowest BCUT2D eigenvalue weighted by Gasteiger charge is -2.40. The Bertz CT molecular complexity index is 952. The van der Waals surface area contributed by atoms with Crippen molar-refractivity contribution in [1.29, 1.82) is 0 Å². The first-order valence-corrected chi connectivity index (χ1v) is 10.7. The van der Waals surface area contributed by atoms with Gasteiger partial charge in [-0.25, -0.2) is 4.39 Å². The summed E-state index contributed by atoms with van der Waals surface area (Å²) >= 11 is 0. The molecule has 2 atom stereocenters. The van der Waals surface area contributed by atoms with Crippen LogP contribution >= 0.6 is 0 Å². The van der Waals surface area contributed by atoms with Crippen LogP contribution in [0.25, 0.3) is 0 Å². The molecule has 0 saturated carbocycles. The number of carbonyl (C=O) groups is 2. The van der Waals surface area contributed by atoms with Crippen molar-refractivity contribution in [3.63, 3.8) is 0 Å². The summed E-state index contributed by atoms with van der Waals surface area (Å²) in [6, 6.07) is 11.0. The normalized spacial score (nSPS) is 19.0. The number of carbonyl (C=O) groups excluding carboxylic acids is 2. The molecule has 5 nitrogen and oxygen atoms in total. The quantitative estimate of drug-likeness (QED) is 0.710. The van der Waals surface area contributed by atoms with Crippen LogP contribution in [0.2, 0.25) is 0 Å². The van der Waals surface area contributed by atoms with Crippen molar-refractivity contribution in [2.75, 3.05) is 18.5 Å². The average molecular weight is 427 g/mol. The number of rotatable bonds is 5. The first-order valence-electron chi connectivity index (χ1n) is 10.7. The SMILES string of the molecule is Cc1cccc(C(=O)NCC2CCCOC2C(C)(C)C)c1NC(=O)c1ccccc1F. The second kappa shape index (κ2) is 9.60. The fourth-order valence-corrected chi connectivity index (χ4v) is 4.18. The van der Waals surface area contributed by atoms with Gasteiger partial charge in [0.2, 0.25) is 0 Å². The van der Waals surface area contributed by atoms with Crippen LogP contribution in [0.1, 0.15) is 59.9 Å². The molecule has 2 unspecified atom stereocenters. The summed E-state index contributed by atoms with van der Waals surface area (Å²) in [5.41, 5.74) is 1.39. The molecule has 1 aliphatic heterocycles. The van der Waals surface area contributed by atoms with Crippen LogP contribution in [-0.4, -0.2) is 31.1 Å². The number of benzene rings is 2. The lowest BCUT2D eigenvalue weighted by Crippen LogP contribution is -2.45. The number of para-hydroxylation sites is 1. The second-order valence-electron chi connectivity index (χ2n) is 9.20. The van der Waals surface area contributed by atoms with Gasteiger partial charge in [0.25, 0.3) is 11.8 Å². The van der Waals surface area contributed by atoms with Gasteiger partial charge >= 0.3 is 0 Å². The molecule has 0 spiro atoms. The van der Waals surface area contributed by atoms with Gasteiger partial charge in [0.05, 0.1) is 22.9 Å². The highest BCUT2D eigenvalue weighted by Crippen LogP contribution is 2.33. The third kappa shape index (κ3) is 5.50. The first kappa shape index (κ1) is 22.9. The third-order valence-corrected chi connectivity index (χ3v) is 5.70. The standard InChI is InChI=1S/C25H31FN2O3/c1-16-9-7-12-19(21(16)28-24(30)18-11-5-6-13-20(18)26)23(29)27-15-17-10-8-14-31-22(17)25(2,3)4/h5-7,9,11-13,17,22H,8,10,14-15H2,1-4H3,(H,27,29)(H,28,30). The van der Waals surface area contributed by atoms with E-state index in [1.807, 2.05) is 0 Å². The molecule has 0 aliphatic carbocycles. The van der Waals surface area contributed by atoms with Gasteiger partial charge in [-0.1, -0.05) is 45.0 Å². The zero-order chi connectivity index (χ0) is 22.6. The van der Waals surface area contributed by atoms with E-state index in [0.29, 0.717) is 17.8 Å². The van der Waals surface area contributed by atoms with E-state index in [-0.39, 0.29) is 28.9 Å². The molecule has 2 aromatic carbocycles. The number of amides is 2. The Morgan fingerprint density at radius 1 is 1.06 bits per heavy atom. The number of nitrogens with one attached hydrogen (secondary N) is 2. The summed E-state index contributed by atoms with van der Waals surface area (Å²) < 4.78 is 20.0. The molecule has 0 radical (unpaired) electrons. The van der Waals surface area contributed by atoms with Gasteiger partial charge in [-0.2, -0.15) is 0 Å². The fraction of sp³-hybridized carbons (Fsp3) is 0.440. The summed E-state index contributed by atoms with van der Waals surface area (Å²) in [7, 11) is 0. The highest BCUT2D eigenvalue weighted by Gasteiger charge is 2.35. The van der Waals surface area contributed by atoms with Gasteiger partial charge in [-0.3, -0.25) is 9.59 Å². The van der Waals surface area contributed by atoms with Crippen LogP contribution in [0, 0.1) is 24.1 Å². The molecular weight excluding hydrogens is 395 g/mol. The topological polar surface area (TPSA) is 67.4 Å². The molecule has 1 fully saturated rings. The van der Waals surface area contributed by atoms with E-state index in [1.165, 1.54) is 18.2 Å². The lowest BCUT2D eigenvalue weighted by atomic mass is 9.78. The second-order valence-corrected chi connectivity index (χ2v) is 9.20. The van der Waals surface area contributed by atoms with Gasteiger partial charge in [0.15, 0.2) is 0 Å². The summed E-state index contributed by atoms with van der Waals surface area (Å²) in [5, 5.41) is 5.74. The highest BCUT2D eigenvalue weighted by atomic mass is 19.1. The van der Waals surface area contributed by atoms with E-state index in [1.54, 1.807) is 31.2 Å². The molecule has 2 aromatic rings. The fourth-order valence-electron chi connectivity index (χ4n) is 4.18. The maximum absolute atomic E-state index is 14.0. The number of ether oxygens (including phenoxy) is 1. The largest absolute Gasteiger partial charge is 0.377 e. The van der Waals surface area contributed by atoms with Crippen molar-refractivity contribution in [2.24, 2.45) is 11.3 Å². The van der Waals surface area contributed by atoms with Crippen molar-refractivity contribution in [3.05, 3.63) is 65.0 Å². The van der Waals surface area contributed by atoms with E-state index < -0.39 is 11.7 Å². The minimum Gasteiger partial charge on any atom is -0.377 e. The molecule has 6 heteroatoms. The molecule has 1 aliphatic rings. The van der Waals surface area contributed by atoms with Crippen molar-refractivity contribution in [3.8, 4) is 0 Å². The van der Waals surface area contributed by atoms with Gasteiger partial charge in [-0.05, 0) is 48.9 Å². The maximum atomic E-state index is 14.0. The highest BCUT2D eigenvalue weighted by molar-refractivity contribution is 6.09. The Morgan fingerprint density at radius 3 is 2.48 bits per heavy atom. The zero-order valence-corrected chi connectivity index (χ0v) is 18.6. The summed E-state index contributed by atoms with van der Waals surface area (Å²) in [6.07, 6.45) is 2.04. The van der Waals surface area contributed by atoms with Crippen LogP contribution in [0.15, 0.2) is 42.5 Å². The minimum absolute atomic E-state index is 0.0158. The van der Waals surface area contributed by atoms with Crippen LogP contribution in [0.3, 0.4) is 0 Å².